The monoisotopic (exact) mass is 372 g/mol. The molecule has 0 spiro atoms. The first-order valence-electron chi connectivity index (χ1n) is 6.73. The molecule has 1 amide bonds. The molecule has 0 aliphatic carbocycles. The molecule has 0 unspecified atom stereocenters. The molecular weight excluding hydrogens is 360 g/mol. The number of carbonyl (C=O) groups excluding carboxylic acids is 1. The minimum Gasteiger partial charge on any atom is -0.268 e. The first-order chi connectivity index (χ1) is 10.7. The summed E-state index contributed by atoms with van der Waals surface area (Å²) in [5.41, 5.74) is 2.32. The van der Waals surface area contributed by atoms with Gasteiger partial charge in [-0.1, -0.05) is 30.3 Å². The fraction of sp³-hybridized carbons (Fsp3) is 0.0588. The van der Waals surface area contributed by atoms with E-state index >= 15 is 0 Å². The van der Waals surface area contributed by atoms with Crippen molar-refractivity contribution in [2.75, 3.05) is 4.90 Å². The van der Waals surface area contributed by atoms with E-state index in [0.29, 0.717) is 10.7 Å². The van der Waals surface area contributed by atoms with E-state index in [4.69, 9.17) is 0 Å². The third-order valence-corrected chi connectivity index (χ3v) is 4.76. The molecule has 0 saturated carbocycles. The molecule has 5 heteroatoms. The number of benzene rings is 2. The molecule has 3 aromatic rings. The zero-order valence-corrected chi connectivity index (χ0v) is 14.3. The number of hydrogen-bond acceptors (Lipinski definition) is 3. The van der Waals surface area contributed by atoms with Gasteiger partial charge < -0.3 is 0 Å². The van der Waals surface area contributed by atoms with Gasteiger partial charge >= 0.3 is 0 Å². The van der Waals surface area contributed by atoms with Crippen molar-refractivity contribution in [3.63, 3.8) is 0 Å². The van der Waals surface area contributed by atoms with E-state index in [1.54, 1.807) is 4.90 Å². The second-order valence-corrected chi connectivity index (χ2v) is 6.42. The van der Waals surface area contributed by atoms with Crippen molar-refractivity contribution in [1.82, 2.24) is 4.98 Å². The average Bonchev–Trinajstić information content (AvgIpc) is 2.95. The maximum atomic E-state index is 13.0. The van der Waals surface area contributed by atoms with Crippen LogP contribution in [0.25, 0.3) is 0 Å². The van der Waals surface area contributed by atoms with Crippen molar-refractivity contribution in [3.05, 3.63) is 75.7 Å². The van der Waals surface area contributed by atoms with Gasteiger partial charge in [0, 0.05) is 9.85 Å². The second-order valence-electron chi connectivity index (χ2n) is 4.73. The van der Waals surface area contributed by atoms with E-state index in [2.05, 4.69) is 20.9 Å². The zero-order chi connectivity index (χ0) is 15.5. The summed E-state index contributed by atoms with van der Waals surface area (Å²) < 4.78 is 0.772. The SMILES string of the molecule is Cc1csc(N(C(=O)c2ccccc2Br)c2ccccc2)n1. The number of amides is 1. The first-order valence-corrected chi connectivity index (χ1v) is 8.40. The third-order valence-electron chi connectivity index (χ3n) is 3.12. The molecule has 0 saturated heterocycles. The molecule has 0 bridgehead atoms. The number of thiazole rings is 1. The van der Waals surface area contributed by atoms with Crippen molar-refractivity contribution in [2.45, 2.75) is 6.92 Å². The molecule has 1 heterocycles. The standard InChI is InChI=1S/C17H13BrN2OS/c1-12-11-22-17(19-12)20(13-7-3-2-4-8-13)16(21)14-9-5-6-10-15(14)18/h2-11H,1H3. The topological polar surface area (TPSA) is 33.2 Å². The van der Waals surface area contributed by atoms with Crippen molar-refractivity contribution in [1.29, 1.82) is 0 Å². The Bertz CT molecular complexity index is 801. The van der Waals surface area contributed by atoms with Crippen LogP contribution in [0.1, 0.15) is 16.1 Å². The molecule has 1 aromatic heterocycles. The van der Waals surface area contributed by atoms with Crippen LogP contribution in [0, 0.1) is 6.92 Å². The Hall–Kier alpha value is -1.98. The number of aryl methyl sites for hydroxylation is 1. The Balaban J connectivity index is 2.10. The first kappa shape index (κ1) is 14.9. The van der Waals surface area contributed by atoms with Gasteiger partial charge in [-0.2, -0.15) is 0 Å². The molecule has 3 rings (SSSR count). The zero-order valence-electron chi connectivity index (χ0n) is 11.9. The highest BCUT2D eigenvalue weighted by molar-refractivity contribution is 9.10. The van der Waals surface area contributed by atoms with Gasteiger partial charge in [0.05, 0.1) is 16.9 Å². The summed E-state index contributed by atoms with van der Waals surface area (Å²) >= 11 is 4.91. The number of rotatable bonds is 3. The molecular formula is C17H13BrN2OS. The van der Waals surface area contributed by atoms with Crippen LogP contribution in [-0.2, 0) is 0 Å². The Morgan fingerprint density at radius 3 is 2.41 bits per heavy atom. The lowest BCUT2D eigenvalue weighted by atomic mass is 10.2. The van der Waals surface area contributed by atoms with Crippen LogP contribution in [0.3, 0.4) is 0 Å². The van der Waals surface area contributed by atoms with Gasteiger partial charge in [-0.15, -0.1) is 11.3 Å². The van der Waals surface area contributed by atoms with Gasteiger partial charge in [0.2, 0.25) is 0 Å². The molecule has 0 aliphatic heterocycles. The van der Waals surface area contributed by atoms with Crippen LogP contribution in [0.5, 0.6) is 0 Å². The predicted octanol–water partition coefficient (Wildman–Crippen LogP) is 5.19. The lowest BCUT2D eigenvalue weighted by Gasteiger charge is -2.20. The van der Waals surface area contributed by atoms with Gasteiger partial charge in [-0.25, -0.2) is 4.98 Å². The molecule has 0 aliphatic rings. The van der Waals surface area contributed by atoms with Crippen molar-refractivity contribution in [3.8, 4) is 0 Å². The van der Waals surface area contributed by atoms with Crippen LogP contribution >= 0.6 is 27.3 Å². The van der Waals surface area contributed by atoms with Crippen LogP contribution < -0.4 is 4.90 Å². The summed E-state index contributed by atoms with van der Waals surface area (Å²) in [6.07, 6.45) is 0. The maximum Gasteiger partial charge on any atom is 0.265 e. The lowest BCUT2D eigenvalue weighted by Crippen LogP contribution is -2.26. The minimum atomic E-state index is -0.104. The van der Waals surface area contributed by atoms with Gasteiger partial charge in [0.1, 0.15) is 0 Å². The van der Waals surface area contributed by atoms with Crippen LogP contribution in [0.4, 0.5) is 10.8 Å². The van der Waals surface area contributed by atoms with Gasteiger partial charge in [-0.3, -0.25) is 9.69 Å². The van der Waals surface area contributed by atoms with Crippen molar-refractivity contribution < 1.29 is 4.79 Å². The number of aromatic nitrogens is 1. The number of anilines is 2. The highest BCUT2D eigenvalue weighted by Gasteiger charge is 2.23. The summed E-state index contributed by atoms with van der Waals surface area (Å²) in [4.78, 5) is 19.2. The molecule has 22 heavy (non-hydrogen) atoms. The van der Waals surface area contributed by atoms with Gasteiger partial charge in [0.25, 0.3) is 5.91 Å². The van der Waals surface area contributed by atoms with E-state index < -0.39 is 0 Å². The van der Waals surface area contributed by atoms with Crippen molar-refractivity contribution >= 4 is 44.0 Å². The fourth-order valence-corrected chi connectivity index (χ4v) is 3.36. The summed E-state index contributed by atoms with van der Waals surface area (Å²) in [6.45, 7) is 1.92. The summed E-state index contributed by atoms with van der Waals surface area (Å²) in [6, 6.07) is 17.0. The Morgan fingerprint density at radius 1 is 1.09 bits per heavy atom. The number of halogens is 1. The summed E-state index contributed by atoms with van der Waals surface area (Å²) in [7, 11) is 0. The average molecular weight is 373 g/mol. The quantitative estimate of drug-likeness (QED) is 0.633. The van der Waals surface area contributed by atoms with E-state index in [1.165, 1.54) is 11.3 Å². The Morgan fingerprint density at radius 2 is 1.77 bits per heavy atom. The van der Waals surface area contributed by atoms with Crippen LogP contribution in [-0.4, -0.2) is 10.9 Å². The number of para-hydroxylation sites is 1. The normalized spacial score (nSPS) is 10.5. The van der Waals surface area contributed by atoms with E-state index in [0.717, 1.165) is 15.9 Å². The molecule has 110 valence electrons. The molecule has 2 aromatic carbocycles. The minimum absolute atomic E-state index is 0.104. The van der Waals surface area contributed by atoms with Gasteiger partial charge in [0.15, 0.2) is 5.13 Å². The molecule has 3 nitrogen and oxygen atoms in total. The summed E-state index contributed by atoms with van der Waals surface area (Å²) in [5, 5.41) is 2.61. The largest absolute Gasteiger partial charge is 0.268 e. The number of nitrogens with zero attached hydrogens (tertiary/aromatic N) is 2. The predicted molar refractivity (Wildman–Crippen MR) is 93.9 cm³/mol. The maximum absolute atomic E-state index is 13.0. The fourth-order valence-electron chi connectivity index (χ4n) is 2.09. The van der Waals surface area contributed by atoms with Crippen LogP contribution in [0.2, 0.25) is 0 Å². The molecule has 0 atom stereocenters. The highest BCUT2D eigenvalue weighted by atomic mass is 79.9. The van der Waals surface area contributed by atoms with Crippen LogP contribution in [0.15, 0.2) is 64.5 Å². The Kier molecular flexibility index (Phi) is 4.36. The second kappa shape index (κ2) is 6.42. The Labute approximate surface area is 141 Å². The molecule has 0 N–H and O–H groups in total. The lowest BCUT2D eigenvalue weighted by molar-refractivity contribution is 0.0998. The van der Waals surface area contributed by atoms with Gasteiger partial charge in [-0.05, 0) is 47.1 Å². The number of hydrogen-bond donors (Lipinski definition) is 0. The van der Waals surface area contributed by atoms with E-state index in [9.17, 15) is 4.79 Å². The third kappa shape index (κ3) is 2.96. The molecule has 0 fully saturated rings. The number of carbonyl (C=O) groups is 1. The van der Waals surface area contributed by atoms with E-state index in [1.807, 2.05) is 66.9 Å². The highest BCUT2D eigenvalue weighted by Crippen LogP contribution is 2.31. The summed E-state index contributed by atoms with van der Waals surface area (Å²) in [5.74, 6) is -0.104. The van der Waals surface area contributed by atoms with Crippen molar-refractivity contribution in [2.24, 2.45) is 0 Å². The van der Waals surface area contributed by atoms with E-state index in [-0.39, 0.29) is 5.91 Å². The molecule has 0 radical (unpaired) electrons. The smallest absolute Gasteiger partial charge is 0.265 e.